The lowest BCUT2D eigenvalue weighted by atomic mass is 9.91. The summed E-state index contributed by atoms with van der Waals surface area (Å²) in [4.78, 5) is 24.6. The Labute approximate surface area is 116 Å². The van der Waals surface area contributed by atoms with Gasteiger partial charge < -0.3 is 15.3 Å². The molecule has 1 fully saturated rings. The van der Waals surface area contributed by atoms with Crippen molar-refractivity contribution < 1.29 is 18.9 Å². The quantitative estimate of drug-likeness (QED) is 0.778. The molecule has 1 aliphatic rings. The van der Waals surface area contributed by atoms with Gasteiger partial charge in [0.15, 0.2) is 0 Å². The van der Waals surface area contributed by atoms with Crippen molar-refractivity contribution in [3.63, 3.8) is 0 Å². The first kappa shape index (κ1) is 15.9. The Bertz CT molecular complexity index is 362. The van der Waals surface area contributed by atoms with Crippen molar-refractivity contribution in [3.8, 4) is 0 Å². The van der Waals surface area contributed by atoms with E-state index < -0.39 is 22.8 Å². The average Bonchev–Trinajstić information content (AvgIpc) is 2.37. The van der Waals surface area contributed by atoms with Gasteiger partial charge in [0.05, 0.1) is 0 Å². The molecule has 3 atom stereocenters. The Morgan fingerprint density at radius 3 is 2.74 bits per heavy atom. The molecular weight excluding hydrogens is 268 g/mol. The minimum atomic E-state index is -0.959. The molecule has 0 bridgehead atoms. The maximum absolute atomic E-state index is 12.0. The Morgan fingerprint density at radius 1 is 1.47 bits per heavy atom. The highest BCUT2D eigenvalue weighted by Gasteiger charge is 2.36. The third kappa shape index (κ3) is 4.49. The number of urea groups is 1. The van der Waals surface area contributed by atoms with Crippen LogP contribution in [0.25, 0.3) is 0 Å². The minimum Gasteiger partial charge on any atom is -0.480 e. The lowest BCUT2D eigenvalue weighted by Gasteiger charge is -2.37. The number of piperidine rings is 1. The van der Waals surface area contributed by atoms with Crippen molar-refractivity contribution in [1.82, 2.24) is 10.2 Å². The first-order valence-electron chi connectivity index (χ1n) is 6.59. The number of likely N-dealkylation sites (tertiary alicyclic amines) is 1. The molecule has 3 unspecified atom stereocenters. The number of nitrogens with one attached hydrogen (secondary N) is 1. The van der Waals surface area contributed by atoms with E-state index in [1.54, 1.807) is 0 Å². The molecule has 0 aromatic carbocycles. The number of aliphatic carboxylic acids is 1. The third-order valence-corrected chi connectivity index (χ3v) is 4.68. The van der Waals surface area contributed by atoms with Gasteiger partial charge in [0, 0.05) is 35.4 Å². The van der Waals surface area contributed by atoms with Gasteiger partial charge in [0.1, 0.15) is 6.04 Å². The van der Waals surface area contributed by atoms with E-state index in [4.69, 9.17) is 0 Å². The number of carbonyl (C=O) groups excluding carboxylic acids is 1. The van der Waals surface area contributed by atoms with Gasteiger partial charge in [-0.25, -0.2) is 9.59 Å². The molecule has 6 nitrogen and oxygen atoms in total. The molecule has 1 saturated heterocycles. The summed E-state index contributed by atoms with van der Waals surface area (Å²) in [5, 5.41) is 11.9. The van der Waals surface area contributed by atoms with Crippen LogP contribution in [0.5, 0.6) is 0 Å². The molecule has 1 aliphatic heterocycles. The first-order valence-corrected chi connectivity index (χ1v) is 8.08. The molecule has 2 N–H and O–H groups in total. The molecule has 0 aromatic heterocycles. The lowest BCUT2D eigenvalue weighted by molar-refractivity contribution is -0.145. The van der Waals surface area contributed by atoms with Crippen LogP contribution < -0.4 is 5.32 Å². The Balaban J connectivity index is 2.53. The lowest BCUT2D eigenvalue weighted by Crippen LogP contribution is -2.55. The summed E-state index contributed by atoms with van der Waals surface area (Å²) < 4.78 is 11.2. The molecule has 2 amide bonds. The molecule has 0 aliphatic carbocycles. The van der Waals surface area contributed by atoms with Gasteiger partial charge in [-0.2, -0.15) is 0 Å². The van der Waals surface area contributed by atoms with Crippen LogP contribution in [0.1, 0.15) is 26.7 Å². The van der Waals surface area contributed by atoms with Gasteiger partial charge in [-0.3, -0.25) is 4.21 Å². The summed E-state index contributed by atoms with van der Waals surface area (Å²) in [5.74, 6) is -0.0289. The molecular formula is C12H22N2O4S. The molecule has 0 radical (unpaired) electrons. The first-order chi connectivity index (χ1) is 8.97. The summed E-state index contributed by atoms with van der Waals surface area (Å²) in [6.07, 6.45) is 1.64. The van der Waals surface area contributed by atoms with E-state index in [-0.39, 0.29) is 11.9 Å². The average molecular weight is 290 g/mol. The molecule has 0 aromatic rings. The summed E-state index contributed by atoms with van der Waals surface area (Å²) in [5.41, 5.74) is 0. The number of rotatable bonds is 5. The predicted molar refractivity (Wildman–Crippen MR) is 73.5 cm³/mol. The van der Waals surface area contributed by atoms with Crippen molar-refractivity contribution >= 4 is 22.8 Å². The normalized spacial score (nSPS) is 24.8. The Kier molecular flexibility index (Phi) is 6.27. The molecule has 7 heteroatoms. The second kappa shape index (κ2) is 7.47. The summed E-state index contributed by atoms with van der Waals surface area (Å²) >= 11 is 0. The highest BCUT2D eigenvalue weighted by molar-refractivity contribution is 7.84. The fourth-order valence-electron chi connectivity index (χ4n) is 2.31. The van der Waals surface area contributed by atoms with E-state index in [1.165, 1.54) is 4.90 Å². The highest BCUT2D eigenvalue weighted by atomic mass is 32.2. The van der Waals surface area contributed by atoms with E-state index in [1.807, 2.05) is 13.8 Å². The number of carbonyl (C=O) groups is 2. The molecule has 0 saturated carbocycles. The number of nitrogens with zero attached hydrogens (tertiary/aromatic N) is 1. The number of carboxylic acids is 1. The van der Waals surface area contributed by atoms with Crippen LogP contribution in [0, 0.1) is 5.92 Å². The summed E-state index contributed by atoms with van der Waals surface area (Å²) in [7, 11) is -0.922. The molecule has 19 heavy (non-hydrogen) atoms. The Morgan fingerprint density at radius 2 is 2.16 bits per heavy atom. The summed E-state index contributed by atoms with van der Waals surface area (Å²) in [6, 6.07) is -1.13. The largest absolute Gasteiger partial charge is 0.480 e. The second-order valence-electron chi connectivity index (χ2n) is 4.76. The smallest absolute Gasteiger partial charge is 0.326 e. The van der Waals surface area contributed by atoms with Gasteiger partial charge in [-0.1, -0.05) is 13.8 Å². The van der Waals surface area contributed by atoms with Crippen molar-refractivity contribution in [2.24, 2.45) is 5.92 Å². The monoisotopic (exact) mass is 290 g/mol. The van der Waals surface area contributed by atoms with Crippen LogP contribution in [0.4, 0.5) is 4.79 Å². The van der Waals surface area contributed by atoms with Gasteiger partial charge in [-0.05, 0) is 18.8 Å². The fraction of sp³-hybridized carbons (Fsp3) is 0.833. The summed E-state index contributed by atoms with van der Waals surface area (Å²) in [6.45, 7) is 4.45. The van der Waals surface area contributed by atoms with Gasteiger partial charge in [0.2, 0.25) is 0 Å². The van der Waals surface area contributed by atoms with Gasteiger partial charge >= 0.3 is 12.0 Å². The van der Waals surface area contributed by atoms with Crippen LogP contribution in [-0.2, 0) is 15.6 Å². The van der Waals surface area contributed by atoms with Crippen molar-refractivity contribution in [3.05, 3.63) is 0 Å². The number of hydrogen-bond acceptors (Lipinski definition) is 3. The van der Waals surface area contributed by atoms with Crippen molar-refractivity contribution in [2.75, 3.05) is 24.6 Å². The van der Waals surface area contributed by atoms with E-state index in [0.29, 0.717) is 24.6 Å². The zero-order chi connectivity index (χ0) is 14.4. The third-order valence-electron chi connectivity index (χ3n) is 3.38. The zero-order valence-electron chi connectivity index (χ0n) is 11.4. The molecule has 110 valence electrons. The maximum Gasteiger partial charge on any atom is 0.326 e. The predicted octanol–water partition coefficient (Wildman–Crippen LogP) is 0.650. The van der Waals surface area contributed by atoms with Crippen molar-refractivity contribution in [1.29, 1.82) is 0 Å². The number of amides is 2. The zero-order valence-corrected chi connectivity index (χ0v) is 12.2. The van der Waals surface area contributed by atoms with E-state index in [2.05, 4.69) is 5.32 Å². The van der Waals surface area contributed by atoms with E-state index in [9.17, 15) is 18.9 Å². The maximum atomic E-state index is 12.0. The van der Waals surface area contributed by atoms with Gasteiger partial charge in [-0.15, -0.1) is 0 Å². The Hall–Kier alpha value is -1.11. The highest BCUT2D eigenvalue weighted by Crippen LogP contribution is 2.23. The van der Waals surface area contributed by atoms with E-state index in [0.717, 1.165) is 12.8 Å². The standard InChI is InChI=1S/C12H22N2O4S/c1-3-19(18)8-6-13-12(17)14-7-4-5-9(2)10(14)11(15)16/h9-10H,3-8H2,1-2H3,(H,13,17)(H,15,16). The number of carboxylic acid groups (broad SMARTS) is 1. The minimum absolute atomic E-state index is 0.0400. The van der Waals surface area contributed by atoms with Crippen LogP contribution in [-0.4, -0.2) is 56.9 Å². The van der Waals surface area contributed by atoms with Crippen LogP contribution in [0.3, 0.4) is 0 Å². The number of hydrogen-bond donors (Lipinski definition) is 2. The molecule has 1 heterocycles. The van der Waals surface area contributed by atoms with Crippen molar-refractivity contribution in [2.45, 2.75) is 32.7 Å². The molecule has 0 spiro atoms. The van der Waals surface area contributed by atoms with E-state index >= 15 is 0 Å². The van der Waals surface area contributed by atoms with Gasteiger partial charge in [0.25, 0.3) is 0 Å². The van der Waals surface area contributed by atoms with Crippen LogP contribution in [0.15, 0.2) is 0 Å². The fourth-order valence-corrected chi connectivity index (χ4v) is 2.93. The molecule has 1 rings (SSSR count). The second-order valence-corrected chi connectivity index (χ2v) is 6.63. The van der Waals surface area contributed by atoms with Crippen LogP contribution >= 0.6 is 0 Å². The topological polar surface area (TPSA) is 86.7 Å². The van der Waals surface area contributed by atoms with Crippen LogP contribution in [0.2, 0.25) is 0 Å². The SMILES string of the molecule is CCS(=O)CCNC(=O)N1CCCC(C)C1C(=O)O.